The maximum absolute atomic E-state index is 13.1. The SMILES string of the molecule is COc1cccc2[nH]c(C(=O)N[C@@H](CC(C)C)C(=O)NC(C#N)[C@@H](C)C3CCNC3=O)cc12. The minimum absolute atomic E-state index is 0.0988. The van der Waals surface area contributed by atoms with Crippen LogP contribution in [0.25, 0.3) is 10.9 Å². The van der Waals surface area contributed by atoms with Crippen LogP contribution in [-0.2, 0) is 9.59 Å². The molecule has 33 heavy (non-hydrogen) atoms. The molecular formula is C24H31N5O4. The Morgan fingerprint density at radius 1 is 1.27 bits per heavy atom. The molecule has 1 aromatic carbocycles. The zero-order chi connectivity index (χ0) is 24.1. The standard InChI is InChI=1S/C24H31N5O4/c1-13(2)10-18(23(31)29-20(12-25)14(3)15-8-9-26-22(15)30)28-24(32)19-11-16-17(27-19)6-5-7-21(16)33-4/h5-7,11,13-15,18,20,27H,8-10H2,1-4H3,(H,26,30)(H,28,32)(H,29,31)/t14-,15?,18-,20?/m0/s1. The van der Waals surface area contributed by atoms with Crippen LogP contribution in [0.4, 0.5) is 0 Å². The van der Waals surface area contributed by atoms with Gasteiger partial charge in [0.25, 0.3) is 5.91 Å². The van der Waals surface area contributed by atoms with E-state index in [-0.39, 0.29) is 23.7 Å². The number of ether oxygens (including phenoxy) is 1. The molecule has 9 heteroatoms. The summed E-state index contributed by atoms with van der Waals surface area (Å²) in [5.74, 6) is -0.873. The van der Waals surface area contributed by atoms with Crippen molar-refractivity contribution < 1.29 is 19.1 Å². The van der Waals surface area contributed by atoms with Crippen LogP contribution < -0.4 is 20.7 Å². The molecule has 2 aromatic rings. The Morgan fingerprint density at radius 3 is 2.64 bits per heavy atom. The Balaban J connectivity index is 1.74. The minimum Gasteiger partial charge on any atom is -0.496 e. The third-order valence-electron chi connectivity index (χ3n) is 6.11. The third-order valence-corrected chi connectivity index (χ3v) is 6.11. The van der Waals surface area contributed by atoms with Crippen molar-refractivity contribution in [2.24, 2.45) is 17.8 Å². The first-order chi connectivity index (χ1) is 15.7. The van der Waals surface area contributed by atoms with E-state index < -0.39 is 23.9 Å². The van der Waals surface area contributed by atoms with Crippen molar-refractivity contribution in [1.82, 2.24) is 20.9 Å². The lowest BCUT2D eigenvalue weighted by molar-refractivity contribution is -0.126. The minimum atomic E-state index is -0.838. The summed E-state index contributed by atoms with van der Waals surface area (Å²) in [6, 6.07) is 7.60. The lowest BCUT2D eigenvalue weighted by Gasteiger charge is -2.26. The van der Waals surface area contributed by atoms with E-state index in [1.807, 2.05) is 26.0 Å². The molecule has 1 aromatic heterocycles. The number of nitrogens with one attached hydrogen (secondary N) is 4. The average molecular weight is 454 g/mol. The van der Waals surface area contributed by atoms with Gasteiger partial charge in [-0.2, -0.15) is 5.26 Å². The lowest BCUT2D eigenvalue weighted by Crippen LogP contribution is -2.52. The molecule has 1 aliphatic heterocycles. The highest BCUT2D eigenvalue weighted by molar-refractivity contribution is 6.01. The van der Waals surface area contributed by atoms with E-state index in [1.54, 1.807) is 26.2 Å². The second-order valence-corrected chi connectivity index (χ2v) is 8.92. The Hall–Kier alpha value is -3.54. The van der Waals surface area contributed by atoms with Crippen LogP contribution in [0.15, 0.2) is 24.3 Å². The fourth-order valence-electron chi connectivity index (χ4n) is 4.25. The topological polar surface area (TPSA) is 136 Å². The number of carbonyl (C=O) groups is 3. The molecule has 176 valence electrons. The number of aromatic nitrogens is 1. The molecule has 0 spiro atoms. The molecule has 4 atom stereocenters. The van der Waals surface area contributed by atoms with Crippen LogP contribution in [0.3, 0.4) is 0 Å². The molecule has 0 aliphatic carbocycles. The second kappa shape index (κ2) is 10.4. The molecular weight excluding hydrogens is 422 g/mol. The fourth-order valence-corrected chi connectivity index (χ4v) is 4.25. The number of aromatic amines is 1. The molecule has 3 amide bonds. The van der Waals surface area contributed by atoms with Gasteiger partial charge >= 0.3 is 0 Å². The summed E-state index contributed by atoms with van der Waals surface area (Å²) in [7, 11) is 1.56. The number of H-pyrrole nitrogens is 1. The molecule has 2 unspecified atom stereocenters. The summed E-state index contributed by atoms with van der Waals surface area (Å²) in [5, 5.41) is 18.7. The zero-order valence-electron chi connectivity index (χ0n) is 19.4. The molecule has 1 fully saturated rings. The fraction of sp³-hybridized carbons (Fsp3) is 0.500. The quantitative estimate of drug-likeness (QED) is 0.461. The summed E-state index contributed by atoms with van der Waals surface area (Å²) >= 11 is 0. The zero-order valence-corrected chi connectivity index (χ0v) is 19.4. The van der Waals surface area contributed by atoms with Crippen LogP contribution >= 0.6 is 0 Å². The molecule has 0 radical (unpaired) electrons. The van der Waals surface area contributed by atoms with Gasteiger partial charge in [-0.05, 0) is 37.0 Å². The highest BCUT2D eigenvalue weighted by Crippen LogP contribution is 2.26. The third kappa shape index (κ3) is 5.45. The monoisotopic (exact) mass is 453 g/mol. The van der Waals surface area contributed by atoms with E-state index in [1.165, 1.54) is 0 Å². The predicted molar refractivity (Wildman–Crippen MR) is 123 cm³/mol. The summed E-state index contributed by atoms with van der Waals surface area (Å²) in [5.41, 5.74) is 1.06. The normalized spacial score (nSPS) is 18.3. The highest BCUT2D eigenvalue weighted by atomic mass is 16.5. The van der Waals surface area contributed by atoms with Crippen molar-refractivity contribution in [3.8, 4) is 11.8 Å². The van der Waals surface area contributed by atoms with Gasteiger partial charge in [0, 0.05) is 29.3 Å². The maximum Gasteiger partial charge on any atom is 0.268 e. The molecule has 9 nitrogen and oxygen atoms in total. The van der Waals surface area contributed by atoms with Gasteiger partial charge in [0.2, 0.25) is 11.8 Å². The Morgan fingerprint density at radius 2 is 2.03 bits per heavy atom. The van der Waals surface area contributed by atoms with Crippen LogP contribution in [0.2, 0.25) is 0 Å². The van der Waals surface area contributed by atoms with Gasteiger partial charge in [-0.1, -0.05) is 26.8 Å². The number of fused-ring (bicyclic) bond motifs is 1. The molecule has 3 rings (SSSR count). The molecule has 1 saturated heterocycles. The van der Waals surface area contributed by atoms with Crippen molar-refractivity contribution in [2.75, 3.05) is 13.7 Å². The Labute approximate surface area is 193 Å². The number of carbonyl (C=O) groups excluding carboxylic acids is 3. The number of hydrogen-bond donors (Lipinski definition) is 4. The summed E-state index contributed by atoms with van der Waals surface area (Å²) in [4.78, 5) is 41.1. The number of rotatable bonds is 9. The first kappa shape index (κ1) is 24.1. The number of nitriles is 1. The largest absolute Gasteiger partial charge is 0.496 e. The smallest absolute Gasteiger partial charge is 0.268 e. The maximum atomic E-state index is 13.1. The van der Waals surface area contributed by atoms with Crippen LogP contribution in [-0.4, -0.2) is 48.4 Å². The van der Waals surface area contributed by atoms with Gasteiger partial charge in [-0.25, -0.2) is 0 Å². The van der Waals surface area contributed by atoms with Gasteiger partial charge in [-0.15, -0.1) is 0 Å². The van der Waals surface area contributed by atoms with Gasteiger partial charge < -0.3 is 25.7 Å². The first-order valence-corrected chi connectivity index (χ1v) is 11.2. The van der Waals surface area contributed by atoms with E-state index in [4.69, 9.17) is 4.74 Å². The van der Waals surface area contributed by atoms with E-state index in [0.717, 1.165) is 10.9 Å². The van der Waals surface area contributed by atoms with E-state index >= 15 is 0 Å². The van der Waals surface area contributed by atoms with Crippen molar-refractivity contribution >= 4 is 28.6 Å². The molecule has 1 aliphatic rings. The van der Waals surface area contributed by atoms with E-state index in [2.05, 4.69) is 27.0 Å². The number of hydrogen-bond acceptors (Lipinski definition) is 5. The van der Waals surface area contributed by atoms with Gasteiger partial charge in [-0.3, -0.25) is 14.4 Å². The van der Waals surface area contributed by atoms with Gasteiger partial charge in [0.15, 0.2) is 0 Å². The average Bonchev–Trinajstić information content (AvgIpc) is 3.42. The van der Waals surface area contributed by atoms with Crippen molar-refractivity contribution in [1.29, 1.82) is 5.26 Å². The van der Waals surface area contributed by atoms with Crippen LogP contribution in [0.1, 0.15) is 44.1 Å². The Kier molecular flexibility index (Phi) is 7.59. The summed E-state index contributed by atoms with van der Waals surface area (Å²) in [6.45, 7) is 6.26. The van der Waals surface area contributed by atoms with Crippen molar-refractivity contribution in [3.05, 3.63) is 30.0 Å². The predicted octanol–water partition coefficient (Wildman–Crippen LogP) is 2.10. The molecule has 0 bridgehead atoms. The molecule has 0 saturated carbocycles. The van der Waals surface area contributed by atoms with Crippen molar-refractivity contribution in [3.63, 3.8) is 0 Å². The summed E-state index contributed by atoms with van der Waals surface area (Å²) in [6.07, 6.45) is 1.03. The van der Waals surface area contributed by atoms with Crippen molar-refractivity contribution in [2.45, 2.75) is 45.7 Å². The number of methoxy groups -OCH3 is 1. The number of benzene rings is 1. The first-order valence-electron chi connectivity index (χ1n) is 11.2. The highest BCUT2D eigenvalue weighted by Gasteiger charge is 2.36. The van der Waals surface area contributed by atoms with Gasteiger partial charge in [0.05, 0.1) is 13.2 Å². The van der Waals surface area contributed by atoms with Crippen LogP contribution in [0.5, 0.6) is 5.75 Å². The van der Waals surface area contributed by atoms with Gasteiger partial charge in [0.1, 0.15) is 23.5 Å². The number of amides is 3. The summed E-state index contributed by atoms with van der Waals surface area (Å²) < 4.78 is 5.35. The lowest BCUT2D eigenvalue weighted by atomic mass is 9.86. The number of nitrogens with zero attached hydrogens (tertiary/aromatic N) is 1. The Bertz CT molecular complexity index is 1070. The molecule has 2 heterocycles. The second-order valence-electron chi connectivity index (χ2n) is 8.92. The van der Waals surface area contributed by atoms with E-state index in [9.17, 15) is 19.6 Å². The van der Waals surface area contributed by atoms with Crippen LogP contribution in [0, 0.1) is 29.1 Å². The van der Waals surface area contributed by atoms with E-state index in [0.29, 0.717) is 30.8 Å². The molecule has 4 N–H and O–H groups in total.